The van der Waals surface area contributed by atoms with Crippen molar-refractivity contribution in [3.8, 4) is 0 Å². The Bertz CT molecular complexity index is 1830. The van der Waals surface area contributed by atoms with Crippen LogP contribution in [0.3, 0.4) is 0 Å². The number of hydrogen-bond donors (Lipinski definition) is 12. The molecule has 0 amide bonds. The molecule has 414 valence electrons. The van der Waals surface area contributed by atoms with Gasteiger partial charge in [0, 0.05) is 12.3 Å². The van der Waals surface area contributed by atoms with Crippen molar-refractivity contribution in [2.45, 2.75) is 227 Å². The molecule has 10 rings (SSSR count). The first-order chi connectivity index (χ1) is 34.3. The molecule has 12 N–H and O–H groups in total. The van der Waals surface area contributed by atoms with Gasteiger partial charge in [-0.2, -0.15) is 0 Å². The van der Waals surface area contributed by atoms with Gasteiger partial charge >= 0.3 is 0 Å². The SMILES string of the molecule is C[C@@H]1CC[C@@]2(OC1)O[C@H]1C[C@@H]3[C@@H]4CC[C@H]5C[C@@H](O[C@@H]6O[C@H](CO)[C@H](O[C@@H]7O[C@H](CO)[C@@H](O)[C@H](O[C@@H]8OC[C@@H](O)[C@H](O)[C@H]8O)[C@H]7O[C@@H]7O[C@H](CO)[C@@H](O)[C@H](O)[C@H]7O)[C@H](O)[C@H]6O)CC[C@]5(C)[C@H]4CC[C@]3(C)[C@H]1[C@@H]2C. The average Bonchev–Trinajstić information content (AvgIpc) is 3.82. The highest BCUT2D eigenvalue weighted by Gasteiger charge is 2.69. The zero-order valence-corrected chi connectivity index (χ0v) is 41.7. The monoisotopic (exact) mass is 1030 g/mol. The Morgan fingerprint density at radius 2 is 1.14 bits per heavy atom. The van der Waals surface area contributed by atoms with Crippen LogP contribution in [0.5, 0.6) is 0 Å². The minimum Gasteiger partial charge on any atom is -0.394 e. The number of ether oxygens (including phenoxy) is 10. The summed E-state index contributed by atoms with van der Waals surface area (Å²) in [6.45, 7) is 7.42. The highest BCUT2D eigenvalue weighted by molar-refractivity contribution is 5.15. The average molecular weight is 1040 g/mol. The molecule has 6 heterocycles. The minimum atomic E-state index is -2.00. The van der Waals surface area contributed by atoms with Crippen molar-refractivity contribution >= 4 is 0 Å². The maximum absolute atomic E-state index is 11.8. The second-order valence-electron chi connectivity index (χ2n) is 23.9. The molecule has 0 bridgehead atoms. The smallest absolute Gasteiger partial charge is 0.187 e. The molecule has 0 aromatic carbocycles. The van der Waals surface area contributed by atoms with E-state index in [1.54, 1.807) is 0 Å². The normalized spacial score (nSPS) is 57.8. The van der Waals surface area contributed by atoms with Crippen molar-refractivity contribution < 1.29 is 109 Å². The second-order valence-corrected chi connectivity index (χ2v) is 23.9. The molecule has 4 saturated carbocycles. The molecule has 0 aromatic rings. The number of hydrogen-bond acceptors (Lipinski definition) is 22. The maximum atomic E-state index is 11.8. The van der Waals surface area contributed by atoms with E-state index in [4.69, 9.17) is 47.4 Å². The first kappa shape index (κ1) is 54.5. The van der Waals surface area contributed by atoms with Gasteiger partial charge in [0.05, 0.1) is 45.2 Å². The Labute approximate surface area is 419 Å². The van der Waals surface area contributed by atoms with E-state index in [2.05, 4.69) is 27.7 Å². The molecule has 31 atom stereocenters. The van der Waals surface area contributed by atoms with Crippen molar-refractivity contribution in [3.05, 3.63) is 0 Å². The molecule has 10 aliphatic rings. The van der Waals surface area contributed by atoms with Gasteiger partial charge in [-0.25, -0.2) is 0 Å². The van der Waals surface area contributed by atoms with Crippen molar-refractivity contribution in [1.29, 1.82) is 0 Å². The summed E-state index contributed by atoms with van der Waals surface area (Å²) in [4.78, 5) is 0. The van der Waals surface area contributed by atoms with Gasteiger partial charge in [-0.15, -0.1) is 0 Å². The Morgan fingerprint density at radius 3 is 1.85 bits per heavy atom. The van der Waals surface area contributed by atoms with Crippen molar-refractivity contribution in [2.75, 3.05) is 33.0 Å². The van der Waals surface area contributed by atoms with E-state index in [0.29, 0.717) is 47.8 Å². The van der Waals surface area contributed by atoms with Gasteiger partial charge in [0.15, 0.2) is 30.9 Å². The Morgan fingerprint density at radius 1 is 0.514 bits per heavy atom. The molecule has 0 unspecified atom stereocenters. The van der Waals surface area contributed by atoms with E-state index >= 15 is 0 Å². The molecule has 10 fully saturated rings. The summed E-state index contributed by atoms with van der Waals surface area (Å²) in [5, 5.41) is 129. The third kappa shape index (κ3) is 9.26. The van der Waals surface area contributed by atoms with Crippen LogP contribution < -0.4 is 0 Å². The van der Waals surface area contributed by atoms with Gasteiger partial charge in [0.25, 0.3) is 0 Å². The quantitative estimate of drug-likeness (QED) is 0.0971. The fourth-order valence-electron chi connectivity index (χ4n) is 15.9. The predicted molar refractivity (Wildman–Crippen MR) is 242 cm³/mol. The standard InChI is InChI=1S/C50H82O22/c1-20-7-12-50(64-18-20)21(2)32-28(72-50)14-26-24-6-5-22-13-23(8-10-48(22,3)25(24)9-11-49(26,32)4)65-45-40(62)37(59)41(31(17-53)68-45)69-47-43(71-46-39(61)36(58)34(56)29(15-51)66-46)42(35(57)30(16-52)67-47)70-44-38(60)33(55)27(54)19-63-44/h20-47,51-62H,5-19H2,1-4H3/t20-,21+,22+,23+,24-,25+,26-,27-,28+,29-,30-,31-,32+,33+,34-,35-,36+,37-,38-,39-,40-,41+,42+,43-,44+,45-,46+,47+,48+,49+,50-/m1/s1. The molecule has 22 heteroatoms. The summed E-state index contributed by atoms with van der Waals surface area (Å²) < 4.78 is 61.4. The van der Waals surface area contributed by atoms with E-state index < -0.39 is 149 Å². The second kappa shape index (κ2) is 21.1. The van der Waals surface area contributed by atoms with E-state index in [1.165, 1.54) is 12.8 Å². The Hall–Kier alpha value is -0.880. The molecule has 22 nitrogen and oxygen atoms in total. The fraction of sp³-hybridized carbons (Fsp3) is 1.00. The summed E-state index contributed by atoms with van der Waals surface area (Å²) in [7, 11) is 0. The molecule has 4 aliphatic carbocycles. The molecular weight excluding hydrogens is 953 g/mol. The van der Waals surface area contributed by atoms with Crippen LogP contribution >= 0.6 is 0 Å². The van der Waals surface area contributed by atoms with Gasteiger partial charge in [-0.05, 0) is 104 Å². The predicted octanol–water partition coefficient (Wildman–Crippen LogP) is -2.27. The zero-order chi connectivity index (χ0) is 51.3. The van der Waals surface area contributed by atoms with Crippen LogP contribution in [-0.4, -0.2) is 229 Å². The van der Waals surface area contributed by atoms with Gasteiger partial charge in [-0.1, -0.05) is 27.7 Å². The zero-order valence-electron chi connectivity index (χ0n) is 41.7. The molecular formula is C50H82O22. The van der Waals surface area contributed by atoms with E-state index in [0.717, 1.165) is 51.6 Å². The van der Waals surface area contributed by atoms with Gasteiger partial charge < -0.3 is 109 Å². The molecule has 72 heavy (non-hydrogen) atoms. The first-order valence-corrected chi connectivity index (χ1v) is 26.7. The van der Waals surface area contributed by atoms with Crippen LogP contribution in [0.2, 0.25) is 0 Å². The number of aliphatic hydroxyl groups is 12. The number of fused-ring (bicyclic) bond motifs is 7. The number of rotatable bonds is 11. The summed E-state index contributed by atoms with van der Waals surface area (Å²) in [5.74, 6) is 3.06. The maximum Gasteiger partial charge on any atom is 0.187 e. The summed E-state index contributed by atoms with van der Waals surface area (Å²) in [6.07, 6.45) is -22.9. The lowest BCUT2D eigenvalue weighted by molar-refractivity contribution is -0.404. The topological polar surface area (TPSA) is 335 Å². The molecule has 1 spiro atoms. The van der Waals surface area contributed by atoms with Crippen LogP contribution in [-0.2, 0) is 47.4 Å². The minimum absolute atomic E-state index is 0.0916. The summed E-state index contributed by atoms with van der Waals surface area (Å²) in [5.41, 5.74) is 0.293. The Kier molecular flexibility index (Phi) is 15.9. The largest absolute Gasteiger partial charge is 0.394 e. The van der Waals surface area contributed by atoms with Crippen LogP contribution in [0.15, 0.2) is 0 Å². The van der Waals surface area contributed by atoms with Crippen molar-refractivity contribution in [1.82, 2.24) is 0 Å². The van der Waals surface area contributed by atoms with Crippen LogP contribution in [0, 0.1) is 52.3 Å². The third-order valence-corrected chi connectivity index (χ3v) is 20.0. The van der Waals surface area contributed by atoms with Crippen molar-refractivity contribution in [3.63, 3.8) is 0 Å². The third-order valence-electron chi connectivity index (χ3n) is 20.0. The summed E-state index contributed by atoms with van der Waals surface area (Å²) >= 11 is 0. The van der Waals surface area contributed by atoms with E-state index in [9.17, 15) is 61.3 Å². The summed E-state index contributed by atoms with van der Waals surface area (Å²) in [6, 6.07) is 0. The highest BCUT2D eigenvalue weighted by atomic mass is 16.8. The number of aliphatic hydroxyl groups excluding tert-OH is 12. The Balaban J connectivity index is 0.812. The van der Waals surface area contributed by atoms with Gasteiger partial charge in [0.1, 0.15) is 91.6 Å². The van der Waals surface area contributed by atoms with Gasteiger partial charge in [-0.3, -0.25) is 0 Å². The lowest BCUT2D eigenvalue weighted by Gasteiger charge is -2.61. The van der Waals surface area contributed by atoms with Crippen molar-refractivity contribution in [2.24, 2.45) is 52.3 Å². The van der Waals surface area contributed by atoms with E-state index in [-0.39, 0.29) is 23.0 Å². The van der Waals surface area contributed by atoms with Gasteiger partial charge in [0.2, 0.25) is 0 Å². The fourth-order valence-corrected chi connectivity index (χ4v) is 15.9. The van der Waals surface area contributed by atoms with Crippen LogP contribution in [0.25, 0.3) is 0 Å². The van der Waals surface area contributed by atoms with E-state index in [1.807, 2.05) is 0 Å². The lowest BCUT2D eigenvalue weighted by atomic mass is 9.44. The van der Waals surface area contributed by atoms with Crippen LogP contribution in [0.1, 0.15) is 91.9 Å². The lowest BCUT2D eigenvalue weighted by Crippen LogP contribution is -2.68. The molecule has 6 saturated heterocycles. The highest BCUT2D eigenvalue weighted by Crippen LogP contribution is 2.71. The molecule has 6 aliphatic heterocycles. The molecule has 0 radical (unpaired) electrons. The van der Waals surface area contributed by atoms with Crippen LogP contribution in [0.4, 0.5) is 0 Å². The first-order valence-electron chi connectivity index (χ1n) is 26.7. The molecule has 0 aromatic heterocycles.